The van der Waals surface area contributed by atoms with Gasteiger partial charge in [0.25, 0.3) is 11.8 Å². The standard InChI is InChI=1S/C28H17F5N4O3/c29-21-20(22(30)24(32)25(33)23(21)31)27(39)37-19-13-14(17-6-3-4-10-34-17)8-9-15(19)26(38)36-18-7-2-1-5-16(18)28-35-11-12-40-28/h1-10,13H,11-12H2,(H,36,38)(H,37,39). The molecule has 0 bridgehead atoms. The third-order valence-corrected chi connectivity index (χ3v) is 5.90. The molecule has 0 saturated heterocycles. The number of halogens is 5. The maximum atomic E-state index is 14.3. The Morgan fingerprint density at radius 1 is 0.750 bits per heavy atom. The van der Waals surface area contributed by atoms with Gasteiger partial charge >= 0.3 is 0 Å². The summed E-state index contributed by atoms with van der Waals surface area (Å²) in [6.07, 6.45) is 1.49. The van der Waals surface area contributed by atoms with E-state index in [1.165, 1.54) is 24.4 Å². The van der Waals surface area contributed by atoms with Crippen molar-refractivity contribution in [3.05, 3.63) is 113 Å². The molecular weight excluding hydrogens is 535 g/mol. The second-order valence-electron chi connectivity index (χ2n) is 8.41. The highest BCUT2D eigenvalue weighted by molar-refractivity contribution is 6.14. The number of hydrogen-bond acceptors (Lipinski definition) is 5. The van der Waals surface area contributed by atoms with E-state index in [9.17, 15) is 31.5 Å². The molecule has 7 nitrogen and oxygen atoms in total. The molecule has 0 spiro atoms. The largest absolute Gasteiger partial charge is 0.475 e. The lowest BCUT2D eigenvalue weighted by Crippen LogP contribution is -2.22. The van der Waals surface area contributed by atoms with Crippen molar-refractivity contribution >= 4 is 29.1 Å². The Morgan fingerprint density at radius 3 is 2.10 bits per heavy atom. The molecule has 0 saturated carbocycles. The number of rotatable bonds is 6. The molecule has 0 fully saturated rings. The van der Waals surface area contributed by atoms with Crippen LogP contribution in [0.1, 0.15) is 26.3 Å². The summed E-state index contributed by atoms with van der Waals surface area (Å²) in [5, 5.41) is 4.80. The number of carbonyl (C=O) groups is 2. The Bertz CT molecular complexity index is 1650. The SMILES string of the molecule is O=C(Nc1ccccc1C1=NCCO1)c1ccc(-c2ccccn2)cc1NC(=O)c1c(F)c(F)c(F)c(F)c1F. The fourth-order valence-corrected chi connectivity index (χ4v) is 3.99. The molecule has 1 aliphatic rings. The van der Waals surface area contributed by atoms with Crippen LogP contribution in [-0.2, 0) is 4.74 Å². The lowest BCUT2D eigenvalue weighted by atomic mass is 10.0. The van der Waals surface area contributed by atoms with Crippen LogP contribution in [0.25, 0.3) is 11.3 Å². The Balaban J connectivity index is 1.55. The van der Waals surface area contributed by atoms with Crippen molar-refractivity contribution in [2.45, 2.75) is 0 Å². The van der Waals surface area contributed by atoms with Crippen LogP contribution >= 0.6 is 0 Å². The molecule has 0 radical (unpaired) electrons. The highest BCUT2D eigenvalue weighted by atomic mass is 19.2. The molecule has 0 atom stereocenters. The Morgan fingerprint density at radius 2 is 1.43 bits per heavy atom. The van der Waals surface area contributed by atoms with Gasteiger partial charge in [-0.1, -0.05) is 24.3 Å². The molecule has 0 aliphatic carbocycles. The number of nitrogens with one attached hydrogen (secondary N) is 2. The third-order valence-electron chi connectivity index (χ3n) is 5.90. The summed E-state index contributed by atoms with van der Waals surface area (Å²) in [4.78, 5) is 34.7. The fraction of sp³-hybridized carbons (Fsp3) is 0.0714. The van der Waals surface area contributed by atoms with Gasteiger partial charge in [-0.25, -0.2) is 26.9 Å². The van der Waals surface area contributed by atoms with Crippen LogP contribution in [0.15, 0.2) is 71.9 Å². The average molecular weight is 552 g/mol. The number of para-hydroxylation sites is 1. The molecule has 2 N–H and O–H groups in total. The van der Waals surface area contributed by atoms with Crippen molar-refractivity contribution in [2.75, 3.05) is 23.8 Å². The van der Waals surface area contributed by atoms with Crippen LogP contribution in [0.3, 0.4) is 0 Å². The second kappa shape index (κ2) is 10.9. The normalized spacial score (nSPS) is 12.5. The van der Waals surface area contributed by atoms with Crippen molar-refractivity contribution < 1.29 is 36.3 Å². The molecule has 3 aromatic carbocycles. The molecule has 12 heteroatoms. The van der Waals surface area contributed by atoms with Crippen molar-refractivity contribution in [1.82, 2.24) is 4.98 Å². The summed E-state index contributed by atoms with van der Waals surface area (Å²) in [6, 6.07) is 15.7. The van der Waals surface area contributed by atoms with Crippen LogP contribution in [0, 0.1) is 29.1 Å². The van der Waals surface area contributed by atoms with Gasteiger partial charge in [-0.3, -0.25) is 14.6 Å². The summed E-state index contributed by atoms with van der Waals surface area (Å²) in [5.74, 6) is -13.7. The summed E-state index contributed by atoms with van der Waals surface area (Å²) < 4.78 is 75.2. The Hall–Kier alpha value is -5.13. The zero-order chi connectivity index (χ0) is 28.4. The number of ether oxygens (including phenoxy) is 1. The van der Waals surface area contributed by atoms with Gasteiger partial charge in [-0.2, -0.15) is 0 Å². The van der Waals surface area contributed by atoms with Crippen molar-refractivity contribution in [2.24, 2.45) is 4.99 Å². The molecule has 1 aromatic heterocycles. The van der Waals surface area contributed by atoms with Gasteiger partial charge in [0.2, 0.25) is 11.7 Å². The van der Waals surface area contributed by atoms with Gasteiger partial charge in [0.1, 0.15) is 12.2 Å². The zero-order valence-electron chi connectivity index (χ0n) is 20.3. The average Bonchev–Trinajstić information content (AvgIpc) is 3.51. The second-order valence-corrected chi connectivity index (χ2v) is 8.41. The van der Waals surface area contributed by atoms with E-state index in [4.69, 9.17) is 4.74 Å². The van der Waals surface area contributed by atoms with Gasteiger partial charge in [0, 0.05) is 11.8 Å². The summed E-state index contributed by atoms with van der Waals surface area (Å²) >= 11 is 0. The van der Waals surface area contributed by atoms with Gasteiger partial charge in [0.05, 0.1) is 34.7 Å². The first-order valence-electron chi connectivity index (χ1n) is 11.7. The summed E-state index contributed by atoms with van der Waals surface area (Å²) in [6.45, 7) is 0.820. The maximum Gasteiger partial charge on any atom is 0.261 e. The first-order chi connectivity index (χ1) is 19.3. The first kappa shape index (κ1) is 26.5. The predicted molar refractivity (Wildman–Crippen MR) is 136 cm³/mol. The van der Waals surface area contributed by atoms with Gasteiger partial charge in [-0.05, 0) is 36.4 Å². The van der Waals surface area contributed by atoms with E-state index >= 15 is 0 Å². The van der Waals surface area contributed by atoms with Gasteiger partial charge in [0.15, 0.2) is 23.3 Å². The summed E-state index contributed by atoms with van der Waals surface area (Å²) in [5.41, 5.74) is -0.540. The van der Waals surface area contributed by atoms with Crippen LogP contribution in [0.4, 0.5) is 33.3 Å². The Kier molecular flexibility index (Phi) is 7.23. The predicted octanol–water partition coefficient (Wildman–Crippen LogP) is 5.73. The molecule has 40 heavy (non-hydrogen) atoms. The number of nitrogens with zero attached hydrogens (tertiary/aromatic N) is 2. The van der Waals surface area contributed by atoms with E-state index in [1.54, 1.807) is 42.5 Å². The van der Waals surface area contributed by atoms with E-state index in [1.807, 2.05) is 0 Å². The lowest BCUT2D eigenvalue weighted by Gasteiger charge is -2.16. The van der Waals surface area contributed by atoms with E-state index in [2.05, 4.69) is 20.6 Å². The third kappa shape index (κ3) is 4.98. The van der Waals surface area contributed by atoms with Crippen molar-refractivity contribution in [3.8, 4) is 11.3 Å². The lowest BCUT2D eigenvalue weighted by molar-refractivity contribution is 0.101. The number of anilines is 2. The number of carbonyl (C=O) groups excluding carboxylic acids is 2. The molecular formula is C28H17F5N4O3. The minimum Gasteiger partial charge on any atom is -0.475 e. The van der Waals surface area contributed by atoms with E-state index < -0.39 is 46.5 Å². The minimum absolute atomic E-state index is 0.180. The fourth-order valence-electron chi connectivity index (χ4n) is 3.99. The molecule has 1 aliphatic heterocycles. The molecule has 0 unspecified atom stereocenters. The van der Waals surface area contributed by atoms with Crippen LogP contribution in [0.5, 0.6) is 0 Å². The van der Waals surface area contributed by atoms with Crippen molar-refractivity contribution in [1.29, 1.82) is 0 Å². The zero-order valence-corrected chi connectivity index (χ0v) is 20.3. The monoisotopic (exact) mass is 552 g/mol. The van der Waals surface area contributed by atoms with Gasteiger partial charge in [-0.15, -0.1) is 0 Å². The number of aromatic nitrogens is 1. The first-order valence-corrected chi connectivity index (χ1v) is 11.7. The van der Waals surface area contributed by atoms with E-state index in [0.717, 1.165) is 0 Å². The van der Waals surface area contributed by atoms with Gasteiger partial charge < -0.3 is 15.4 Å². The minimum atomic E-state index is -2.40. The molecule has 202 valence electrons. The topological polar surface area (TPSA) is 92.7 Å². The smallest absolute Gasteiger partial charge is 0.261 e. The number of pyridine rings is 1. The number of benzene rings is 3. The highest BCUT2D eigenvalue weighted by Crippen LogP contribution is 2.29. The van der Waals surface area contributed by atoms with Crippen LogP contribution < -0.4 is 10.6 Å². The number of aliphatic imine (C=N–C) groups is 1. The summed E-state index contributed by atoms with van der Waals surface area (Å²) in [7, 11) is 0. The van der Waals surface area contributed by atoms with E-state index in [-0.39, 0.29) is 11.3 Å². The number of hydrogen-bond donors (Lipinski definition) is 2. The quantitative estimate of drug-likeness (QED) is 0.182. The molecule has 2 heterocycles. The molecule has 4 aromatic rings. The molecule has 2 amide bonds. The van der Waals surface area contributed by atoms with Crippen LogP contribution in [-0.4, -0.2) is 35.8 Å². The number of amides is 2. The highest BCUT2D eigenvalue weighted by Gasteiger charge is 2.30. The van der Waals surface area contributed by atoms with E-state index in [0.29, 0.717) is 41.6 Å². The maximum absolute atomic E-state index is 14.3. The molecule has 5 rings (SSSR count). The Labute approximate surface area is 223 Å². The van der Waals surface area contributed by atoms with Crippen molar-refractivity contribution in [3.63, 3.8) is 0 Å². The van der Waals surface area contributed by atoms with Crippen LogP contribution in [0.2, 0.25) is 0 Å².